The van der Waals surface area contributed by atoms with E-state index in [-0.39, 0.29) is 24.7 Å². The highest BCUT2D eigenvalue weighted by Crippen LogP contribution is 2.40. The van der Waals surface area contributed by atoms with Gasteiger partial charge in [-0.25, -0.2) is 4.98 Å². The highest BCUT2D eigenvalue weighted by molar-refractivity contribution is 7.14. The van der Waals surface area contributed by atoms with Gasteiger partial charge in [-0.3, -0.25) is 9.59 Å². The van der Waals surface area contributed by atoms with Crippen molar-refractivity contribution in [2.24, 2.45) is 0 Å². The van der Waals surface area contributed by atoms with Crippen LogP contribution in [0.5, 0.6) is 0 Å². The van der Waals surface area contributed by atoms with Gasteiger partial charge >= 0.3 is 0 Å². The molecule has 0 atom stereocenters. The third-order valence-corrected chi connectivity index (χ3v) is 6.29. The highest BCUT2D eigenvalue weighted by atomic mass is 32.1. The number of thiophene rings is 1. The third kappa shape index (κ3) is 3.52. The maximum absolute atomic E-state index is 12.3. The number of carbonyl (C=O) groups excluding carboxylic acids is 2. The zero-order chi connectivity index (χ0) is 16.5. The molecule has 0 radical (unpaired) electrons. The molecule has 2 amide bonds. The highest BCUT2D eigenvalue weighted by Gasteiger charge is 2.26. The molecule has 1 aliphatic carbocycles. The van der Waals surface area contributed by atoms with E-state index < -0.39 is 0 Å². The van der Waals surface area contributed by atoms with E-state index in [0.717, 1.165) is 18.7 Å². The van der Waals surface area contributed by atoms with Crippen LogP contribution in [-0.4, -0.2) is 28.2 Å². The van der Waals surface area contributed by atoms with Gasteiger partial charge in [0.25, 0.3) is 0 Å². The van der Waals surface area contributed by atoms with Gasteiger partial charge < -0.3 is 10.2 Å². The summed E-state index contributed by atoms with van der Waals surface area (Å²) in [6.45, 7) is 1.43. The Morgan fingerprint density at radius 2 is 2.17 bits per heavy atom. The van der Waals surface area contributed by atoms with Crippen molar-refractivity contribution in [2.75, 3.05) is 11.9 Å². The van der Waals surface area contributed by atoms with E-state index in [1.807, 2.05) is 10.3 Å². The second kappa shape index (κ2) is 6.64. The molecule has 1 saturated carbocycles. The number of nitrogens with zero attached hydrogens (tertiary/aromatic N) is 2. The second-order valence-electron chi connectivity index (χ2n) is 6.33. The average Bonchev–Trinajstić information content (AvgIpc) is 3.15. The average molecular weight is 361 g/mol. The van der Waals surface area contributed by atoms with Crippen molar-refractivity contribution in [3.8, 4) is 0 Å². The van der Waals surface area contributed by atoms with Crippen molar-refractivity contribution >= 4 is 39.6 Å². The molecule has 5 nitrogen and oxygen atoms in total. The molecule has 24 heavy (non-hydrogen) atoms. The van der Waals surface area contributed by atoms with Crippen molar-refractivity contribution in [3.63, 3.8) is 0 Å². The Morgan fingerprint density at radius 1 is 1.29 bits per heavy atom. The Bertz CT molecular complexity index is 763. The summed E-state index contributed by atoms with van der Waals surface area (Å²) in [5, 5.41) is 7.56. The smallest absolute Gasteiger partial charge is 0.226 e. The number of hydrogen-bond acceptors (Lipinski definition) is 5. The molecule has 1 N–H and O–H groups in total. The van der Waals surface area contributed by atoms with Crippen LogP contribution in [0.2, 0.25) is 0 Å². The molecule has 126 valence electrons. The molecular formula is C17H19N3O2S2. The first kappa shape index (κ1) is 15.8. The number of aromatic nitrogens is 1. The first-order valence-electron chi connectivity index (χ1n) is 8.27. The van der Waals surface area contributed by atoms with Gasteiger partial charge in [0.15, 0.2) is 5.13 Å². The van der Waals surface area contributed by atoms with E-state index in [9.17, 15) is 9.59 Å². The summed E-state index contributed by atoms with van der Waals surface area (Å²) >= 11 is 3.22. The largest absolute Gasteiger partial charge is 0.338 e. The monoisotopic (exact) mass is 361 g/mol. The molecule has 1 fully saturated rings. The molecule has 3 heterocycles. The fourth-order valence-corrected chi connectivity index (χ4v) is 4.63. The number of rotatable bonds is 5. The maximum Gasteiger partial charge on any atom is 0.226 e. The molecule has 1 aliphatic heterocycles. The normalized spacial score (nSPS) is 16.8. The molecule has 2 aromatic rings. The van der Waals surface area contributed by atoms with Crippen molar-refractivity contribution in [3.05, 3.63) is 33.0 Å². The van der Waals surface area contributed by atoms with Crippen LogP contribution in [0.25, 0.3) is 0 Å². The standard InChI is InChI=1S/C17H19N3O2S2/c21-15(19-17-18-13(10-24-17)11-1-2-11)3-4-16(22)20-7-5-14-12(9-20)6-8-23-14/h6,8,10-11H,1-5,7,9H2,(H,18,19,21). The quantitative estimate of drug-likeness (QED) is 0.888. The fourth-order valence-electron chi connectivity index (χ4n) is 2.93. The zero-order valence-corrected chi connectivity index (χ0v) is 14.9. The Hall–Kier alpha value is -1.73. The summed E-state index contributed by atoms with van der Waals surface area (Å²) in [5.74, 6) is 0.516. The van der Waals surface area contributed by atoms with Crippen molar-refractivity contribution < 1.29 is 9.59 Å². The maximum atomic E-state index is 12.3. The molecule has 0 unspecified atom stereocenters. The molecule has 4 rings (SSSR count). The summed E-state index contributed by atoms with van der Waals surface area (Å²) in [5.41, 5.74) is 2.34. The van der Waals surface area contributed by atoms with Gasteiger partial charge in [-0.05, 0) is 36.3 Å². The molecule has 2 aromatic heterocycles. The van der Waals surface area contributed by atoms with E-state index in [1.54, 1.807) is 11.3 Å². The number of carbonyl (C=O) groups is 2. The first-order valence-corrected chi connectivity index (χ1v) is 10.0. The summed E-state index contributed by atoms with van der Waals surface area (Å²) < 4.78 is 0. The molecular weight excluding hydrogens is 342 g/mol. The number of hydrogen-bond donors (Lipinski definition) is 1. The van der Waals surface area contributed by atoms with Gasteiger partial charge in [-0.15, -0.1) is 22.7 Å². The topological polar surface area (TPSA) is 62.3 Å². The molecule has 2 aliphatic rings. The Labute approximate surface area is 148 Å². The van der Waals surface area contributed by atoms with Gasteiger partial charge in [0, 0.05) is 42.1 Å². The van der Waals surface area contributed by atoms with Gasteiger partial charge in [-0.1, -0.05) is 0 Å². The summed E-state index contributed by atoms with van der Waals surface area (Å²) in [6.07, 6.45) is 3.80. The molecule has 0 bridgehead atoms. The Balaban J connectivity index is 1.25. The SMILES string of the molecule is O=C(CCC(=O)N1CCc2sccc2C1)Nc1nc(C2CC2)cs1. The van der Waals surface area contributed by atoms with Crippen LogP contribution in [0.4, 0.5) is 5.13 Å². The minimum Gasteiger partial charge on any atom is -0.338 e. The van der Waals surface area contributed by atoms with Crippen molar-refractivity contribution in [1.29, 1.82) is 0 Å². The minimum absolute atomic E-state index is 0.0554. The molecule has 0 saturated heterocycles. The van der Waals surface area contributed by atoms with E-state index >= 15 is 0 Å². The predicted molar refractivity (Wildman–Crippen MR) is 95.4 cm³/mol. The summed E-state index contributed by atoms with van der Waals surface area (Å²) in [6, 6.07) is 2.09. The van der Waals surface area contributed by atoms with E-state index in [0.29, 0.717) is 17.6 Å². The predicted octanol–water partition coefficient (Wildman–Crippen LogP) is 3.39. The number of nitrogens with one attached hydrogen (secondary N) is 1. The van der Waals surface area contributed by atoms with Gasteiger partial charge in [-0.2, -0.15) is 0 Å². The van der Waals surface area contributed by atoms with Gasteiger partial charge in [0.1, 0.15) is 0 Å². The lowest BCUT2D eigenvalue weighted by molar-refractivity contribution is -0.133. The minimum atomic E-state index is -0.131. The number of anilines is 1. The third-order valence-electron chi connectivity index (χ3n) is 4.49. The van der Waals surface area contributed by atoms with Gasteiger partial charge in [0.2, 0.25) is 11.8 Å². The van der Waals surface area contributed by atoms with Crippen LogP contribution >= 0.6 is 22.7 Å². The van der Waals surface area contributed by atoms with Crippen LogP contribution in [0.15, 0.2) is 16.8 Å². The lowest BCUT2D eigenvalue weighted by Gasteiger charge is -2.27. The molecule has 0 spiro atoms. The van der Waals surface area contributed by atoms with Crippen molar-refractivity contribution in [2.45, 2.75) is 44.6 Å². The van der Waals surface area contributed by atoms with E-state index in [2.05, 4.69) is 21.7 Å². The Morgan fingerprint density at radius 3 is 3.00 bits per heavy atom. The van der Waals surface area contributed by atoms with Crippen LogP contribution in [-0.2, 0) is 22.6 Å². The number of thiazole rings is 1. The van der Waals surface area contributed by atoms with E-state index in [1.165, 1.54) is 34.6 Å². The fraction of sp³-hybridized carbons (Fsp3) is 0.471. The van der Waals surface area contributed by atoms with Crippen molar-refractivity contribution in [1.82, 2.24) is 9.88 Å². The van der Waals surface area contributed by atoms with Crippen LogP contribution < -0.4 is 5.32 Å². The van der Waals surface area contributed by atoms with Crippen LogP contribution in [0.3, 0.4) is 0 Å². The van der Waals surface area contributed by atoms with Gasteiger partial charge in [0.05, 0.1) is 5.69 Å². The van der Waals surface area contributed by atoms with Crippen LogP contribution in [0.1, 0.15) is 47.7 Å². The number of fused-ring (bicyclic) bond motifs is 1. The van der Waals surface area contributed by atoms with Crippen LogP contribution in [0, 0.1) is 0 Å². The first-order chi connectivity index (χ1) is 11.7. The lowest BCUT2D eigenvalue weighted by Crippen LogP contribution is -2.35. The Kier molecular flexibility index (Phi) is 4.37. The zero-order valence-electron chi connectivity index (χ0n) is 13.3. The lowest BCUT2D eigenvalue weighted by atomic mass is 10.1. The summed E-state index contributed by atoms with van der Waals surface area (Å²) in [7, 11) is 0. The summed E-state index contributed by atoms with van der Waals surface area (Å²) in [4.78, 5) is 32.0. The van der Waals surface area contributed by atoms with E-state index in [4.69, 9.17) is 0 Å². The number of amides is 2. The molecule has 7 heteroatoms. The second-order valence-corrected chi connectivity index (χ2v) is 8.19. The molecule has 0 aromatic carbocycles.